The first kappa shape index (κ1) is 32.7. The van der Waals surface area contributed by atoms with Crippen molar-refractivity contribution in [2.75, 3.05) is 0 Å². The fraction of sp³-hybridized carbons (Fsp3) is 0. The van der Waals surface area contributed by atoms with Crippen molar-refractivity contribution >= 4 is 75.4 Å². The van der Waals surface area contributed by atoms with Crippen molar-refractivity contribution in [1.82, 2.24) is 0 Å². The summed E-state index contributed by atoms with van der Waals surface area (Å²) in [6.07, 6.45) is 0. The first-order valence-corrected chi connectivity index (χ1v) is 20.2. The molecule has 0 aliphatic rings. The van der Waals surface area contributed by atoms with Crippen LogP contribution in [0.4, 0.5) is 0 Å². The molecule has 0 heteroatoms. The predicted octanol–water partition coefficient (Wildman–Crippen LogP) is 16.4. The Morgan fingerprint density at radius 2 is 0.431 bits per heavy atom. The highest BCUT2D eigenvalue weighted by molar-refractivity contribution is 6.39. The summed E-state index contributed by atoms with van der Waals surface area (Å²) in [6.45, 7) is 0. The van der Waals surface area contributed by atoms with E-state index in [1.807, 2.05) is 0 Å². The number of rotatable bonds is 4. The maximum absolute atomic E-state index is 2.42. The van der Waals surface area contributed by atoms with E-state index in [-0.39, 0.29) is 0 Å². The molecular formula is C58H36. The van der Waals surface area contributed by atoms with Crippen LogP contribution in [0.5, 0.6) is 0 Å². The van der Waals surface area contributed by atoms with Gasteiger partial charge in [-0.2, -0.15) is 0 Å². The van der Waals surface area contributed by atoms with Gasteiger partial charge in [-0.05, 0) is 156 Å². The Morgan fingerprint density at radius 3 is 0.810 bits per heavy atom. The molecule has 12 aromatic rings. The minimum Gasteiger partial charge on any atom is -0.0622 e. The van der Waals surface area contributed by atoms with E-state index in [1.54, 1.807) is 0 Å². The molecule has 0 spiro atoms. The van der Waals surface area contributed by atoms with Gasteiger partial charge in [0.25, 0.3) is 0 Å². The standard InChI is InChI=1S/C58H36/c1-3-11-37(12-4-1)39-19-21-43-33-45(25-23-41(43)31-39)47-27-29-53-55(35-47)49-15-7-9-17-51(49)58-54-30-28-48(36-56(54)50-16-8-10-18-52(50)57(53)58)46-26-24-42-32-40(20-22-44(42)34-46)38-13-5-2-6-14-38/h1-36H. The maximum Gasteiger partial charge on any atom is -0.00139 e. The van der Waals surface area contributed by atoms with Gasteiger partial charge in [0, 0.05) is 0 Å². The molecule has 0 heterocycles. The van der Waals surface area contributed by atoms with E-state index in [1.165, 1.54) is 120 Å². The third-order valence-electron chi connectivity index (χ3n) is 12.4. The number of benzene rings is 12. The largest absolute Gasteiger partial charge is 0.0622 e. The molecular weight excluding hydrogens is 697 g/mol. The molecule has 0 nitrogen and oxygen atoms in total. The minimum absolute atomic E-state index is 1.23. The molecule has 0 unspecified atom stereocenters. The van der Waals surface area contributed by atoms with Gasteiger partial charge in [0.15, 0.2) is 0 Å². The van der Waals surface area contributed by atoms with E-state index in [0.29, 0.717) is 0 Å². The topological polar surface area (TPSA) is 0 Å². The van der Waals surface area contributed by atoms with E-state index in [0.717, 1.165) is 0 Å². The lowest BCUT2D eigenvalue weighted by atomic mass is 9.85. The van der Waals surface area contributed by atoms with Gasteiger partial charge in [0.2, 0.25) is 0 Å². The molecule has 12 rings (SSSR count). The Hall–Kier alpha value is -7.54. The normalized spacial score (nSPS) is 11.8. The molecule has 268 valence electrons. The average molecular weight is 733 g/mol. The van der Waals surface area contributed by atoms with E-state index < -0.39 is 0 Å². The van der Waals surface area contributed by atoms with Crippen LogP contribution in [0.1, 0.15) is 0 Å². The first-order valence-electron chi connectivity index (χ1n) is 20.2. The molecule has 0 aromatic heterocycles. The van der Waals surface area contributed by atoms with E-state index in [2.05, 4.69) is 218 Å². The SMILES string of the molecule is c1ccc(-c2ccc3cc(-c4ccc5c(c4)c4ccccc4c4c6ccc(-c7ccc8cc(-c9ccccc9)ccc8c7)cc6c6ccccc6c54)ccc3c2)cc1. The molecule has 0 aliphatic heterocycles. The van der Waals surface area contributed by atoms with Crippen molar-refractivity contribution in [3.63, 3.8) is 0 Å². The minimum atomic E-state index is 1.23. The molecule has 0 saturated heterocycles. The van der Waals surface area contributed by atoms with Crippen molar-refractivity contribution in [3.8, 4) is 44.5 Å². The molecule has 58 heavy (non-hydrogen) atoms. The Morgan fingerprint density at radius 1 is 0.155 bits per heavy atom. The number of hydrogen-bond donors (Lipinski definition) is 0. The monoisotopic (exact) mass is 732 g/mol. The molecule has 0 amide bonds. The third-order valence-corrected chi connectivity index (χ3v) is 12.4. The Labute approximate surface area is 336 Å². The zero-order valence-electron chi connectivity index (χ0n) is 31.8. The fourth-order valence-corrected chi connectivity index (χ4v) is 9.50. The zero-order valence-corrected chi connectivity index (χ0v) is 31.8. The summed E-state index contributed by atoms with van der Waals surface area (Å²) in [5, 5.41) is 17.9. The summed E-state index contributed by atoms with van der Waals surface area (Å²) in [6, 6.07) is 80.8. The summed E-state index contributed by atoms with van der Waals surface area (Å²) in [4.78, 5) is 0. The quantitative estimate of drug-likeness (QED) is 0.158. The van der Waals surface area contributed by atoms with Gasteiger partial charge in [-0.15, -0.1) is 0 Å². The summed E-state index contributed by atoms with van der Waals surface area (Å²) < 4.78 is 0. The first-order chi connectivity index (χ1) is 28.7. The van der Waals surface area contributed by atoms with Crippen LogP contribution in [0, 0.1) is 0 Å². The Balaban J connectivity index is 1.02. The van der Waals surface area contributed by atoms with Crippen LogP contribution in [-0.4, -0.2) is 0 Å². The van der Waals surface area contributed by atoms with Crippen LogP contribution in [0.25, 0.3) is 120 Å². The smallest absolute Gasteiger partial charge is 0.00139 e. The van der Waals surface area contributed by atoms with Crippen molar-refractivity contribution < 1.29 is 0 Å². The predicted molar refractivity (Wildman–Crippen MR) is 251 cm³/mol. The molecule has 0 fully saturated rings. The Bertz CT molecular complexity index is 3350. The molecule has 0 bridgehead atoms. The van der Waals surface area contributed by atoms with Crippen molar-refractivity contribution in [3.05, 3.63) is 218 Å². The highest BCUT2D eigenvalue weighted by atomic mass is 14.2. The summed E-state index contributed by atoms with van der Waals surface area (Å²) in [7, 11) is 0. The van der Waals surface area contributed by atoms with Crippen LogP contribution in [0.2, 0.25) is 0 Å². The number of hydrogen-bond acceptors (Lipinski definition) is 0. The van der Waals surface area contributed by atoms with E-state index in [4.69, 9.17) is 0 Å². The lowest BCUT2D eigenvalue weighted by Crippen LogP contribution is -1.90. The summed E-state index contributed by atoms with van der Waals surface area (Å²) in [5.41, 5.74) is 9.88. The summed E-state index contributed by atoms with van der Waals surface area (Å²) in [5.74, 6) is 0. The lowest BCUT2D eigenvalue weighted by molar-refractivity contribution is 1.64. The van der Waals surface area contributed by atoms with Crippen LogP contribution < -0.4 is 0 Å². The fourth-order valence-electron chi connectivity index (χ4n) is 9.50. The molecule has 0 saturated carbocycles. The Kier molecular flexibility index (Phi) is 7.33. The third kappa shape index (κ3) is 5.23. The van der Waals surface area contributed by atoms with Crippen LogP contribution in [0.15, 0.2) is 218 Å². The molecule has 12 aromatic carbocycles. The van der Waals surface area contributed by atoms with Crippen LogP contribution >= 0.6 is 0 Å². The van der Waals surface area contributed by atoms with Gasteiger partial charge in [-0.25, -0.2) is 0 Å². The van der Waals surface area contributed by atoms with Crippen LogP contribution in [-0.2, 0) is 0 Å². The van der Waals surface area contributed by atoms with Gasteiger partial charge in [0.05, 0.1) is 0 Å². The molecule has 0 atom stereocenters. The van der Waals surface area contributed by atoms with Crippen molar-refractivity contribution in [1.29, 1.82) is 0 Å². The van der Waals surface area contributed by atoms with Gasteiger partial charge >= 0.3 is 0 Å². The number of fused-ring (bicyclic) bond motifs is 13. The second-order valence-corrected chi connectivity index (χ2v) is 15.6. The highest BCUT2D eigenvalue weighted by Crippen LogP contribution is 2.45. The molecule has 0 aliphatic carbocycles. The van der Waals surface area contributed by atoms with Gasteiger partial charge in [-0.1, -0.05) is 182 Å². The zero-order chi connectivity index (χ0) is 38.2. The van der Waals surface area contributed by atoms with Crippen molar-refractivity contribution in [2.45, 2.75) is 0 Å². The van der Waals surface area contributed by atoms with E-state index in [9.17, 15) is 0 Å². The van der Waals surface area contributed by atoms with Gasteiger partial charge in [-0.3, -0.25) is 0 Å². The average Bonchev–Trinajstić information content (AvgIpc) is 3.31. The maximum atomic E-state index is 2.42. The van der Waals surface area contributed by atoms with E-state index >= 15 is 0 Å². The van der Waals surface area contributed by atoms with Gasteiger partial charge in [0.1, 0.15) is 0 Å². The highest BCUT2D eigenvalue weighted by Gasteiger charge is 2.17. The molecule has 0 N–H and O–H groups in total. The second-order valence-electron chi connectivity index (χ2n) is 15.6. The van der Waals surface area contributed by atoms with Gasteiger partial charge < -0.3 is 0 Å². The lowest BCUT2D eigenvalue weighted by Gasteiger charge is -2.18. The van der Waals surface area contributed by atoms with Crippen LogP contribution in [0.3, 0.4) is 0 Å². The summed E-state index contributed by atoms with van der Waals surface area (Å²) >= 11 is 0. The molecule has 0 radical (unpaired) electrons. The second kappa shape index (κ2) is 13.0. The van der Waals surface area contributed by atoms with Crippen molar-refractivity contribution in [2.24, 2.45) is 0 Å².